The maximum absolute atomic E-state index is 12.3. The molecule has 2 aromatic rings. The van der Waals surface area contributed by atoms with Gasteiger partial charge >= 0.3 is 6.18 Å². The quantitative estimate of drug-likeness (QED) is 0.0513. The lowest BCUT2D eigenvalue weighted by molar-refractivity contribution is -0.136. The third kappa shape index (κ3) is 10.5. The molecule has 7 nitrogen and oxygen atoms in total. The molecule has 0 fully saturated rings. The summed E-state index contributed by atoms with van der Waals surface area (Å²) in [7, 11) is 1.85. The van der Waals surface area contributed by atoms with Gasteiger partial charge in [0.05, 0.1) is 12.2 Å². The number of aryl methyl sites for hydroxylation is 2. The minimum atomic E-state index is -4.18. The van der Waals surface area contributed by atoms with E-state index in [9.17, 15) is 18.0 Å². The molecule has 37 heavy (non-hydrogen) atoms. The minimum Gasteiger partial charge on any atom is -0.494 e. The molecule has 4 N–H and O–H groups in total. The van der Waals surface area contributed by atoms with Crippen LogP contribution >= 0.6 is 0 Å². The molecule has 0 saturated heterocycles. The highest BCUT2D eigenvalue weighted by molar-refractivity contribution is 6.18. The van der Waals surface area contributed by atoms with E-state index in [0.717, 1.165) is 41.5 Å². The van der Waals surface area contributed by atoms with E-state index in [-0.39, 0.29) is 30.5 Å². The Hall–Kier alpha value is -3.53. The van der Waals surface area contributed by atoms with E-state index in [1.807, 2.05) is 56.4 Å². The number of nitrogens with two attached hydrogens (primary N) is 1. The summed E-state index contributed by atoms with van der Waals surface area (Å²) in [6.07, 6.45) is -1.60. The van der Waals surface area contributed by atoms with Gasteiger partial charge in [-0.15, -0.1) is 5.10 Å². The Labute approximate surface area is 215 Å². The molecular weight excluding hydrogens is 483 g/mol. The molecule has 2 rings (SSSR count). The number of benzene rings is 2. The molecule has 0 aliphatic rings. The fourth-order valence-corrected chi connectivity index (χ4v) is 4.01. The van der Waals surface area contributed by atoms with Gasteiger partial charge in [-0.2, -0.15) is 18.7 Å². The zero-order valence-electron chi connectivity index (χ0n) is 21.1. The molecule has 10 heteroatoms. The van der Waals surface area contributed by atoms with Crippen LogP contribution < -0.4 is 15.8 Å². The van der Waals surface area contributed by atoms with Crippen molar-refractivity contribution in [3.8, 4) is 5.75 Å². The lowest BCUT2D eigenvalue weighted by Crippen LogP contribution is -2.27. The van der Waals surface area contributed by atoms with Gasteiger partial charge in [-0.05, 0) is 74.9 Å². The van der Waals surface area contributed by atoms with E-state index in [1.165, 1.54) is 0 Å². The van der Waals surface area contributed by atoms with Crippen molar-refractivity contribution in [1.29, 1.82) is 5.53 Å². The lowest BCUT2D eigenvalue weighted by atomic mass is 9.90. The number of carbonyl (C=O) groups is 1. The molecule has 0 saturated carbocycles. The predicted octanol–water partition coefficient (Wildman–Crippen LogP) is 5.97. The van der Waals surface area contributed by atoms with Crippen LogP contribution in [-0.4, -0.2) is 38.0 Å². The number of ether oxygens (including phenoxy) is 1. The van der Waals surface area contributed by atoms with Crippen LogP contribution in [0.15, 0.2) is 64.4 Å². The maximum atomic E-state index is 12.3. The van der Waals surface area contributed by atoms with E-state index in [2.05, 4.69) is 15.6 Å². The topological polar surface area (TPSA) is 113 Å². The summed E-state index contributed by atoms with van der Waals surface area (Å²) in [5.74, 6) is 0.447. The second kappa shape index (κ2) is 14.9. The first-order valence-electron chi connectivity index (χ1n) is 12.1. The number of hydrogen-bond donors (Lipinski definition) is 3. The molecule has 0 bridgehead atoms. The summed E-state index contributed by atoms with van der Waals surface area (Å²) >= 11 is 0. The molecule has 2 aromatic carbocycles. The van der Waals surface area contributed by atoms with E-state index < -0.39 is 12.6 Å². The van der Waals surface area contributed by atoms with Crippen LogP contribution in [0.25, 0.3) is 5.57 Å². The first-order chi connectivity index (χ1) is 17.7. The maximum Gasteiger partial charge on any atom is 0.389 e. The number of rotatable bonds is 15. The van der Waals surface area contributed by atoms with Gasteiger partial charge in [0, 0.05) is 12.5 Å². The second-order valence-electron chi connectivity index (χ2n) is 8.76. The van der Waals surface area contributed by atoms with Gasteiger partial charge < -0.3 is 15.8 Å². The monoisotopic (exact) mass is 517 g/mol. The molecular formula is C27H34F3N5O2. The van der Waals surface area contributed by atoms with Crippen molar-refractivity contribution in [2.45, 2.75) is 57.7 Å². The molecule has 0 heterocycles. The number of nitrogens with zero attached hydrogens (tertiary/aromatic N) is 2. The third-order valence-electron chi connectivity index (χ3n) is 5.89. The molecule has 0 aliphatic heterocycles. The average Bonchev–Trinajstić information content (AvgIpc) is 2.85. The van der Waals surface area contributed by atoms with Crippen molar-refractivity contribution in [1.82, 2.24) is 5.32 Å². The molecule has 200 valence electrons. The van der Waals surface area contributed by atoms with Crippen molar-refractivity contribution >= 4 is 17.7 Å². The zero-order valence-corrected chi connectivity index (χ0v) is 21.1. The summed E-state index contributed by atoms with van der Waals surface area (Å²) < 4.78 is 42.4. The average molecular weight is 518 g/mol. The Balaban J connectivity index is 2.07. The number of alkyl halides is 3. The van der Waals surface area contributed by atoms with Crippen molar-refractivity contribution in [2.24, 2.45) is 16.1 Å². The summed E-state index contributed by atoms with van der Waals surface area (Å²) in [5.41, 5.74) is 16.7. The number of hydrogen-bond acceptors (Lipinski definition) is 5. The third-order valence-corrected chi connectivity index (χ3v) is 5.89. The number of nitrogens with one attached hydrogen (secondary N) is 2. The molecule has 0 spiro atoms. The van der Waals surface area contributed by atoms with Crippen molar-refractivity contribution < 1.29 is 22.7 Å². The van der Waals surface area contributed by atoms with Crippen LogP contribution in [0.3, 0.4) is 0 Å². The van der Waals surface area contributed by atoms with Crippen LogP contribution in [0.5, 0.6) is 5.75 Å². The largest absolute Gasteiger partial charge is 0.494 e. The van der Waals surface area contributed by atoms with Crippen LogP contribution in [0.4, 0.5) is 13.2 Å². The van der Waals surface area contributed by atoms with Crippen molar-refractivity contribution in [3.63, 3.8) is 0 Å². The SMILES string of the molecule is CN[C@@H](CCCc1cccc(OCCCC(F)(F)F)c1)C/C(=C(\C=O)C(N)=NN=N)c1cccc(C)c1. The predicted molar refractivity (Wildman–Crippen MR) is 139 cm³/mol. The summed E-state index contributed by atoms with van der Waals surface area (Å²) in [6, 6.07) is 15.1. The molecule has 0 amide bonds. The van der Waals surface area contributed by atoms with E-state index in [4.69, 9.17) is 16.0 Å². The highest BCUT2D eigenvalue weighted by Crippen LogP contribution is 2.27. The first-order valence-corrected chi connectivity index (χ1v) is 12.1. The van der Waals surface area contributed by atoms with Crippen molar-refractivity contribution in [3.05, 3.63) is 70.8 Å². The van der Waals surface area contributed by atoms with Gasteiger partial charge in [0.15, 0.2) is 12.1 Å². The van der Waals surface area contributed by atoms with Gasteiger partial charge in [-0.3, -0.25) is 4.79 Å². The van der Waals surface area contributed by atoms with E-state index in [0.29, 0.717) is 18.5 Å². The number of carbonyl (C=O) groups excluding carboxylic acids is 1. The van der Waals surface area contributed by atoms with Gasteiger partial charge in [-0.25, -0.2) is 0 Å². The van der Waals surface area contributed by atoms with Crippen LogP contribution in [0.2, 0.25) is 0 Å². The van der Waals surface area contributed by atoms with Gasteiger partial charge in [0.2, 0.25) is 0 Å². The zero-order chi connectivity index (χ0) is 27.3. The minimum absolute atomic E-state index is 0.0118. The summed E-state index contributed by atoms with van der Waals surface area (Å²) in [4.78, 5) is 12.0. The normalized spacial score (nSPS) is 13.6. The fraction of sp³-hybridized carbons (Fsp3) is 0.407. The van der Waals surface area contributed by atoms with Gasteiger partial charge in [-0.1, -0.05) is 47.2 Å². The summed E-state index contributed by atoms with van der Waals surface area (Å²) in [5, 5.41) is 9.82. The van der Waals surface area contributed by atoms with Crippen LogP contribution in [0.1, 0.15) is 48.8 Å². The highest BCUT2D eigenvalue weighted by Gasteiger charge is 2.26. The van der Waals surface area contributed by atoms with Crippen LogP contribution in [-0.2, 0) is 11.2 Å². The number of amidine groups is 1. The number of aldehydes is 1. The first kappa shape index (κ1) is 29.7. The fourth-order valence-electron chi connectivity index (χ4n) is 4.01. The molecule has 0 aliphatic carbocycles. The number of halogens is 3. The van der Waals surface area contributed by atoms with Crippen molar-refractivity contribution in [2.75, 3.05) is 13.7 Å². The highest BCUT2D eigenvalue weighted by atomic mass is 19.4. The molecule has 0 radical (unpaired) electrons. The standard InChI is InChI=1S/C27H34F3N5O2/c1-19-7-3-10-21(15-19)24(25(18-36)26(31)34-35-32)17-22(33-2)11-4-8-20-9-5-12-23(16-20)37-14-6-13-27(28,29)30/h3,5,7,9-10,12,15-16,18,22,33H,4,6,8,11,13-14,17H2,1-2H3,(H3,31,32,34)/b25-24-/t22-/m0/s1. The molecule has 0 aromatic heterocycles. The Kier molecular flexibility index (Phi) is 12.0. The lowest BCUT2D eigenvalue weighted by Gasteiger charge is -2.20. The van der Waals surface area contributed by atoms with Crippen LogP contribution in [0, 0.1) is 12.5 Å². The second-order valence-corrected chi connectivity index (χ2v) is 8.76. The molecule has 1 atom stereocenters. The Morgan fingerprint density at radius 2 is 1.95 bits per heavy atom. The smallest absolute Gasteiger partial charge is 0.389 e. The molecule has 0 unspecified atom stereocenters. The Morgan fingerprint density at radius 3 is 2.59 bits per heavy atom. The Bertz CT molecular complexity index is 1100. The Morgan fingerprint density at radius 1 is 1.19 bits per heavy atom. The van der Waals surface area contributed by atoms with Gasteiger partial charge in [0.25, 0.3) is 0 Å². The summed E-state index contributed by atoms with van der Waals surface area (Å²) in [6.45, 7) is 1.97. The van der Waals surface area contributed by atoms with Gasteiger partial charge in [0.1, 0.15) is 5.75 Å². The van der Waals surface area contributed by atoms with E-state index in [1.54, 1.807) is 6.07 Å². The van der Waals surface area contributed by atoms with E-state index >= 15 is 0 Å².